The van der Waals surface area contributed by atoms with Crippen LogP contribution in [0.3, 0.4) is 0 Å². The average Bonchev–Trinajstić information content (AvgIpc) is 3.02. The van der Waals surface area contributed by atoms with E-state index in [9.17, 15) is 4.79 Å². The van der Waals surface area contributed by atoms with Gasteiger partial charge in [0.25, 0.3) is 5.22 Å². The van der Waals surface area contributed by atoms with E-state index in [1.807, 2.05) is 63.8 Å². The molecule has 136 valence electrons. The molecular formula is C18H25N3O3S. The summed E-state index contributed by atoms with van der Waals surface area (Å²) < 4.78 is 10.8. The Balaban J connectivity index is 2.08. The smallest absolute Gasteiger partial charge is 0.277 e. The summed E-state index contributed by atoms with van der Waals surface area (Å²) in [4.78, 5) is 14.6. The second-order valence-corrected chi connectivity index (χ2v) is 7.59. The number of methoxy groups -OCH3 is 1. The van der Waals surface area contributed by atoms with E-state index in [0.717, 1.165) is 11.3 Å². The Bertz CT molecular complexity index is 690. The van der Waals surface area contributed by atoms with E-state index in [1.165, 1.54) is 11.8 Å². The third-order valence-corrected chi connectivity index (χ3v) is 4.66. The number of hydrogen-bond acceptors (Lipinski definition) is 6. The van der Waals surface area contributed by atoms with E-state index < -0.39 is 0 Å². The lowest BCUT2D eigenvalue weighted by Crippen LogP contribution is -2.45. The van der Waals surface area contributed by atoms with Crippen LogP contribution in [0, 0.1) is 0 Å². The molecule has 0 unspecified atom stereocenters. The number of carbonyl (C=O) groups excluding carboxylic acids is 1. The molecule has 0 fully saturated rings. The zero-order valence-electron chi connectivity index (χ0n) is 15.5. The number of amides is 1. The highest BCUT2D eigenvalue weighted by Gasteiger charge is 2.27. The zero-order chi connectivity index (χ0) is 18.6. The molecule has 2 rings (SSSR count). The number of ether oxygens (including phenoxy) is 1. The number of carbonyl (C=O) groups is 1. The molecule has 7 heteroatoms. The molecule has 1 aromatic heterocycles. The Morgan fingerprint density at radius 1 is 1.08 bits per heavy atom. The molecule has 0 saturated carbocycles. The van der Waals surface area contributed by atoms with Crippen LogP contribution < -0.4 is 4.74 Å². The molecular weight excluding hydrogens is 338 g/mol. The molecule has 6 nitrogen and oxygen atoms in total. The van der Waals surface area contributed by atoms with Gasteiger partial charge in [-0.25, -0.2) is 0 Å². The lowest BCUT2D eigenvalue weighted by molar-refractivity contribution is -0.133. The van der Waals surface area contributed by atoms with Crippen LogP contribution in [0.2, 0.25) is 0 Å². The highest BCUT2D eigenvalue weighted by atomic mass is 32.2. The number of aromatic nitrogens is 2. The summed E-state index contributed by atoms with van der Waals surface area (Å²) in [6.07, 6.45) is 0. The lowest BCUT2D eigenvalue weighted by atomic mass is 10.2. The van der Waals surface area contributed by atoms with Gasteiger partial charge in [-0.15, -0.1) is 10.2 Å². The van der Waals surface area contributed by atoms with Crippen LogP contribution in [0.15, 0.2) is 33.9 Å². The quantitative estimate of drug-likeness (QED) is 0.696. The third-order valence-electron chi connectivity index (χ3n) is 3.74. The zero-order valence-corrected chi connectivity index (χ0v) is 16.3. The molecule has 0 aliphatic carbocycles. The molecule has 1 atom stereocenters. The largest absolute Gasteiger partial charge is 0.497 e. The van der Waals surface area contributed by atoms with Crippen molar-refractivity contribution in [1.29, 1.82) is 0 Å². The fourth-order valence-corrected chi connectivity index (χ4v) is 3.36. The van der Waals surface area contributed by atoms with Crippen molar-refractivity contribution in [3.05, 3.63) is 24.3 Å². The van der Waals surface area contributed by atoms with Gasteiger partial charge in [-0.05, 0) is 58.9 Å². The van der Waals surface area contributed by atoms with Crippen LogP contribution in [-0.2, 0) is 4.79 Å². The Morgan fingerprint density at radius 2 is 1.68 bits per heavy atom. The normalized spacial score (nSPS) is 12.5. The van der Waals surface area contributed by atoms with Gasteiger partial charge in [0.2, 0.25) is 11.8 Å². The summed E-state index contributed by atoms with van der Waals surface area (Å²) in [5, 5.41) is 8.21. The van der Waals surface area contributed by atoms with Gasteiger partial charge in [0, 0.05) is 17.6 Å². The number of thioether (sulfide) groups is 1. The van der Waals surface area contributed by atoms with Crippen molar-refractivity contribution in [2.75, 3.05) is 7.11 Å². The van der Waals surface area contributed by atoms with Crippen LogP contribution in [-0.4, -0.2) is 45.4 Å². The first-order chi connectivity index (χ1) is 11.8. The minimum Gasteiger partial charge on any atom is -0.497 e. The van der Waals surface area contributed by atoms with Crippen molar-refractivity contribution in [2.24, 2.45) is 0 Å². The number of benzene rings is 1. The van der Waals surface area contributed by atoms with Gasteiger partial charge in [-0.2, -0.15) is 0 Å². The van der Waals surface area contributed by atoms with Gasteiger partial charge >= 0.3 is 0 Å². The maximum Gasteiger partial charge on any atom is 0.277 e. The van der Waals surface area contributed by atoms with Crippen molar-refractivity contribution in [2.45, 2.75) is 57.2 Å². The van der Waals surface area contributed by atoms with Crippen LogP contribution in [0.4, 0.5) is 0 Å². The number of nitrogens with zero attached hydrogens (tertiary/aromatic N) is 3. The topological polar surface area (TPSA) is 68.5 Å². The average molecular weight is 363 g/mol. The molecule has 2 aromatic rings. The first-order valence-electron chi connectivity index (χ1n) is 8.30. The Morgan fingerprint density at radius 3 is 2.20 bits per heavy atom. The molecule has 0 N–H and O–H groups in total. The molecule has 1 amide bonds. The number of rotatable bonds is 7. The molecule has 1 aromatic carbocycles. The van der Waals surface area contributed by atoms with E-state index in [2.05, 4.69) is 10.2 Å². The second kappa shape index (κ2) is 8.38. The molecule has 25 heavy (non-hydrogen) atoms. The van der Waals surface area contributed by atoms with Gasteiger partial charge < -0.3 is 14.1 Å². The van der Waals surface area contributed by atoms with Crippen LogP contribution in [0.25, 0.3) is 11.5 Å². The molecule has 0 saturated heterocycles. The Labute approximate surface area is 152 Å². The Hall–Kier alpha value is -2.02. The van der Waals surface area contributed by atoms with E-state index in [4.69, 9.17) is 9.15 Å². The summed E-state index contributed by atoms with van der Waals surface area (Å²) >= 11 is 1.28. The number of hydrogen-bond donors (Lipinski definition) is 0. The molecule has 0 radical (unpaired) electrons. The minimum absolute atomic E-state index is 0.0687. The minimum atomic E-state index is -0.297. The molecule has 0 spiro atoms. The summed E-state index contributed by atoms with van der Waals surface area (Å²) in [6, 6.07) is 7.67. The van der Waals surface area contributed by atoms with Crippen molar-refractivity contribution in [3.8, 4) is 17.2 Å². The van der Waals surface area contributed by atoms with E-state index in [0.29, 0.717) is 11.1 Å². The van der Waals surface area contributed by atoms with Crippen molar-refractivity contribution in [3.63, 3.8) is 0 Å². The lowest BCUT2D eigenvalue weighted by Gasteiger charge is -2.32. The van der Waals surface area contributed by atoms with Gasteiger partial charge in [0.15, 0.2) is 0 Å². The second-order valence-electron chi connectivity index (χ2n) is 6.29. The summed E-state index contributed by atoms with van der Waals surface area (Å²) in [6.45, 7) is 9.93. The fourth-order valence-electron chi connectivity index (χ4n) is 2.62. The van der Waals surface area contributed by atoms with Crippen molar-refractivity contribution < 1.29 is 13.9 Å². The predicted octanol–water partition coefficient (Wildman–Crippen LogP) is 3.87. The first kappa shape index (κ1) is 19.3. The van der Waals surface area contributed by atoms with E-state index >= 15 is 0 Å². The molecule has 0 aliphatic rings. The van der Waals surface area contributed by atoms with Gasteiger partial charge in [0.1, 0.15) is 5.75 Å². The Kier molecular flexibility index (Phi) is 6.47. The molecule has 0 aliphatic heterocycles. The predicted molar refractivity (Wildman–Crippen MR) is 98.7 cm³/mol. The summed E-state index contributed by atoms with van der Waals surface area (Å²) in [5.41, 5.74) is 0.810. The monoisotopic (exact) mass is 363 g/mol. The highest BCUT2D eigenvalue weighted by Crippen LogP contribution is 2.28. The standard InChI is InChI=1S/C18H25N3O3S/c1-11(2)21(12(3)4)17(22)13(5)25-18-20-19-16(24-18)14-7-9-15(23-6)10-8-14/h7-13H,1-6H3/t13-/m1/s1. The molecule has 1 heterocycles. The van der Waals surface area contributed by atoms with Gasteiger partial charge in [0.05, 0.1) is 12.4 Å². The van der Waals surface area contributed by atoms with Gasteiger partial charge in [-0.3, -0.25) is 4.79 Å². The van der Waals surface area contributed by atoms with Crippen molar-refractivity contribution >= 4 is 17.7 Å². The van der Waals surface area contributed by atoms with E-state index in [1.54, 1.807) is 7.11 Å². The van der Waals surface area contributed by atoms with Crippen LogP contribution in [0.5, 0.6) is 5.75 Å². The third kappa shape index (κ3) is 4.75. The first-order valence-corrected chi connectivity index (χ1v) is 9.18. The van der Waals surface area contributed by atoms with Crippen LogP contribution >= 0.6 is 11.8 Å². The SMILES string of the molecule is COc1ccc(-c2nnc(S[C@H](C)C(=O)N(C(C)C)C(C)C)o2)cc1. The van der Waals surface area contributed by atoms with Crippen LogP contribution in [0.1, 0.15) is 34.6 Å². The summed E-state index contributed by atoms with van der Waals surface area (Å²) in [7, 11) is 1.62. The van der Waals surface area contributed by atoms with Crippen molar-refractivity contribution in [1.82, 2.24) is 15.1 Å². The highest BCUT2D eigenvalue weighted by molar-refractivity contribution is 8.00. The summed E-state index contributed by atoms with van der Waals surface area (Å²) in [5.74, 6) is 1.26. The fraction of sp³-hybridized carbons (Fsp3) is 0.500. The van der Waals surface area contributed by atoms with E-state index in [-0.39, 0.29) is 23.2 Å². The molecule has 0 bridgehead atoms. The maximum absolute atomic E-state index is 12.7. The van der Waals surface area contributed by atoms with Gasteiger partial charge in [-0.1, -0.05) is 11.8 Å². The maximum atomic E-state index is 12.7.